The molecule has 0 radical (unpaired) electrons. The van der Waals surface area contributed by atoms with Crippen molar-refractivity contribution < 1.29 is 24.3 Å². The molecule has 0 aliphatic carbocycles. The fourth-order valence-corrected chi connectivity index (χ4v) is 3.47. The number of ether oxygens (including phenoxy) is 2. The van der Waals surface area contributed by atoms with Gasteiger partial charge in [0.05, 0.1) is 13.2 Å². The van der Waals surface area contributed by atoms with Crippen molar-refractivity contribution >= 4 is 23.3 Å². The Morgan fingerprint density at radius 1 is 1.42 bits per heavy atom. The van der Waals surface area contributed by atoms with E-state index in [0.29, 0.717) is 4.88 Å². The molecule has 1 aromatic rings. The Bertz CT molecular complexity index is 525. The zero-order valence-corrected chi connectivity index (χ0v) is 14.6. The average Bonchev–Trinajstić information content (AvgIpc) is 3.04. The van der Waals surface area contributed by atoms with Crippen LogP contribution in [-0.4, -0.2) is 42.1 Å². The lowest BCUT2D eigenvalue weighted by Gasteiger charge is -2.38. The first-order valence-electron chi connectivity index (χ1n) is 7.56. The van der Waals surface area contributed by atoms with Gasteiger partial charge in [0.2, 0.25) is 0 Å². The van der Waals surface area contributed by atoms with E-state index in [2.05, 4.69) is 6.58 Å². The number of allylic oxidation sites excluding steroid dienone is 1. The van der Waals surface area contributed by atoms with Gasteiger partial charge in [-0.25, -0.2) is 0 Å². The van der Waals surface area contributed by atoms with Crippen molar-refractivity contribution in [2.24, 2.45) is 5.41 Å². The topological polar surface area (TPSA) is 99.1 Å². The van der Waals surface area contributed by atoms with Crippen LogP contribution in [0.5, 0.6) is 0 Å². The minimum absolute atomic E-state index is 0.0640. The number of hydroxylamine groups is 2. The summed E-state index contributed by atoms with van der Waals surface area (Å²) in [5, 5.41) is 22.0. The van der Waals surface area contributed by atoms with E-state index < -0.39 is 29.8 Å². The summed E-state index contributed by atoms with van der Waals surface area (Å²) in [4.78, 5) is 26.0. The summed E-state index contributed by atoms with van der Waals surface area (Å²) in [6.07, 6.45) is 1.32. The average molecular weight is 356 g/mol. The summed E-state index contributed by atoms with van der Waals surface area (Å²) in [6.45, 7) is 6.49. The number of esters is 2. The molecule has 1 heterocycles. The Kier molecular flexibility index (Phi) is 8.06. The van der Waals surface area contributed by atoms with E-state index in [9.17, 15) is 20.0 Å². The third-order valence-corrected chi connectivity index (χ3v) is 4.55. The van der Waals surface area contributed by atoms with Crippen LogP contribution < -0.4 is 0 Å². The van der Waals surface area contributed by atoms with Gasteiger partial charge in [-0.1, -0.05) is 12.1 Å². The van der Waals surface area contributed by atoms with Gasteiger partial charge in [-0.3, -0.25) is 14.8 Å². The maximum atomic E-state index is 12.7. The molecule has 0 fully saturated rings. The van der Waals surface area contributed by atoms with Crippen molar-refractivity contribution in [3.63, 3.8) is 0 Å². The summed E-state index contributed by atoms with van der Waals surface area (Å²) in [7, 11) is 0. The first kappa shape index (κ1) is 20.3. The summed E-state index contributed by atoms with van der Waals surface area (Å²) >= 11 is 1.27. The Hall–Kier alpha value is -1.74. The van der Waals surface area contributed by atoms with Gasteiger partial charge in [0, 0.05) is 17.3 Å². The quantitative estimate of drug-likeness (QED) is 0.298. The molecule has 1 aromatic heterocycles. The minimum Gasteiger partial charge on any atom is -0.762 e. The normalized spacial score (nSPS) is 12.7. The number of hydrogen-bond acceptors (Lipinski definition) is 8. The monoisotopic (exact) mass is 356 g/mol. The van der Waals surface area contributed by atoms with Gasteiger partial charge in [0.15, 0.2) is 5.41 Å². The maximum absolute atomic E-state index is 12.7. The highest BCUT2D eigenvalue weighted by molar-refractivity contribution is 7.10. The maximum Gasteiger partial charge on any atom is 0.324 e. The molecule has 0 amide bonds. The van der Waals surface area contributed by atoms with E-state index >= 15 is 0 Å². The second-order valence-electron chi connectivity index (χ2n) is 5.01. The van der Waals surface area contributed by atoms with Crippen molar-refractivity contribution in [2.75, 3.05) is 19.8 Å². The molecular formula is C16H22NO6S-. The van der Waals surface area contributed by atoms with Crippen LogP contribution in [0.2, 0.25) is 0 Å². The molecule has 1 unspecified atom stereocenters. The van der Waals surface area contributed by atoms with Crippen LogP contribution in [0.1, 0.15) is 31.1 Å². The van der Waals surface area contributed by atoms with Crippen LogP contribution in [0, 0.1) is 10.6 Å². The Labute approximate surface area is 145 Å². The minimum atomic E-state index is -1.79. The Morgan fingerprint density at radius 2 is 2.00 bits per heavy atom. The van der Waals surface area contributed by atoms with Crippen molar-refractivity contribution in [3.05, 3.63) is 40.3 Å². The van der Waals surface area contributed by atoms with Crippen LogP contribution in [-0.2, 0) is 19.1 Å². The number of carbonyl (C=O) groups excluding carboxylic acids is 2. The lowest BCUT2D eigenvalue weighted by Crippen LogP contribution is -2.49. The van der Waals surface area contributed by atoms with Crippen molar-refractivity contribution in [1.82, 2.24) is 5.23 Å². The lowest BCUT2D eigenvalue weighted by molar-refractivity contribution is -0.176. The molecule has 0 aliphatic rings. The highest BCUT2D eigenvalue weighted by Crippen LogP contribution is 2.44. The SMILES string of the molecule is C=CCC(C(=O)OCC)(C(=O)OCC)C(CN([O-])O)c1cccs1. The number of rotatable bonds is 10. The van der Waals surface area contributed by atoms with Crippen molar-refractivity contribution in [2.45, 2.75) is 26.2 Å². The molecule has 24 heavy (non-hydrogen) atoms. The van der Waals surface area contributed by atoms with Crippen LogP contribution in [0.25, 0.3) is 0 Å². The molecule has 8 heteroatoms. The third kappa shape index (κ3) is 4.41. The Balaban J connectivity index is 3.50. The van der Waals surface area contributed by atoms with E-state index in [1.165, 1.54) is 17.4 Å². The second-order valence-corrected chi connectivity index (χ2v) is 5.99. The molecule has 0 aliphatic heterocycles. The van der Waals surface area contributed by atoms with Gasteiger partial charge in [-0.15, -0.1) is 17.9 Å². The van der Waals surface area contributed by atoms with Gasteiger partial charge in [-0.05, 0) is 31.7 Å². The highest BCUT2D eigenvalue weighted by atomic mass is 32.1. The molecule has 134 valence electrons. The summed E-state index contributed by atoms with van der Waals surface area (Å²) in [5.41, 5.74) is -1.79. The smallest absolute Gasteiger partial charge is 0.324 e. The molecule has 0 saturated carbocycles. The first-order valence-corrected chi connectivity index (χ1v) is 8.44. The second kappa shape index (κ2) is 9.53. The van der Waals surface area contributed by atoms with E-state index in [4.69, 9.17) is 9.47 Å². The Morgan fingerprint density at radius 3 is 2.38 bits per heavy atom. The molecular weight excluding hydrogens is 334 g/mol. The number of nitrogens with zero attached hydrogens (tertiary/aromatic N) is 1. The molecule has 7 nitrogen and oxygen atoms in total. The predicted molar refractivity (Wildman–Crippen MR) is 89.4 cm³/mol. The van der Waals surface area contributed by atoms with Gasteiger partial charge in [0.1, 0.15) is 0 Å². The standard InChI is InChI=1S/C16H22NO6S/c1-4-9-16(14(18)22-5-2,15(19)23-6-3)12(11-17(20)21)13-8-7-10-24-13/h4,7-8,10,12,20H,1,5-6,9,11H2,2-3H3/q-1. The molecule has 0 bridgehead atoms. The van der Waals surface area contributed by atoms with Crippen LogP contribution in [0.3, 0.4) is 0 Å². The number of thiophene rings is 1. The fourth-order valence-electron chi connectivity index (χ4n) is 2.56. The van der Waals surface area contributed by atoms with Crippen LogP contribution in [0.4, 0.5) is 0 Å². The lowest BCUT2D eigenvalue weighted by atomic mass is 9.71. The molecule has 0 spiro atoms. The fraction of sp³-hybridized carbons (Fsp3) is 0.500. The van der Waals surface area contributed by atoms with E-state index in [1.807, 2.05) is 0 Å². The molecule has 1 N–H and O–H groups in total. The zero-order valence-electron chi connectivity index (χ0n) is 13.8. The molecule has 0 saturated heterocycles. The van der Waals surface area contributed by atoms with Crippen molar-refractivity contribution in [1.29, 1.82) is 0 Å². The van der Waals surface area contributed by atoms with Crippen LogP contribution in [0.15, 0.2) is 30.2 Å². The van der Waals surface area contributed by atoms with E-state index in [0.717, 1.165) is 0 Å². The van der Waals surface area contributed by atoms with Crippen molar-refractivity contribution in [3.8, 4) is 0 Å². The summed E-state index contributed by atoms with van der Waals surface area (Å²) in [5.74, 6) is -2.54. The van der Waals surface area contributed by atoms with Gasteiger partial charge in [-0.2, -0.15) is 0 Å². The highest BCUT2D eigenvalue weighted by Gasteiger charge is 2.55. The first-order chi connectivity index (χ1) is 11.4. The molecule has 1 atom stereocenters. The predicted octanol–water partition coefficient (Wildman–Crippen LogP) is 2.71. The van der Waals surface area contributed by atoms with Gasteiger partial charge < -0.3 is 19.9 Å². The third-order valence-electron chi connectivity index (χ3n) is 3.57. The largest absolute Gasteiger partial charge is 0.762 e. The summed E-state index contributed by atoms with van der Waals surface area (Å²) in [6, 6.07) is 3.42. The zero-order chi connectivity index (χ0) is 18.2. The van der Waals surface area contributed by atoms with Gasteiger partial charge in [0.25, 0.3) is 0 Å². The molecule has 1 rings (SSSR count). The van der Waals surface area contributed by atoms with E-state index in [-0.39, 0.29) is 24.9 Å². The number of carbonyl (C=O) groups is 2. The summed E-state index contributed by atoms with van der Waals surface area (Å²) < 4.78 is 10.2. The van der Waals surface area contributed by atoms with E-state index in [1.54, 1.807) is 31.4 Å². The van der Waals surface area contributed by atoms with Crippen LogP contribution >= 0.6 is 11.3 Å². The molecule has 0 aromatic carbocycles. The van der Waals surface area contributed by atoms with Gasteiger partial charge >= 0.3 is 11.9 Å². The number of hydrogen-bond donors (Lipinski definition) is 1.